The zero-order valence-electron chi connectivity index (χ0n) is 20.1. The quantitative estimate of drug-likeness (QED) is 0.320. The molecule has 4 atom stereocenters. The largest absolute Gasteiger partial charge is 0.488 e. The zero-order chi connectivity index (χ0) is 25.1. The number of rotatable bonds is 7. The van der Waals surface area contributed by atoms with Gasteiger partial charge in [-0.3, -0.25) is 4.90 Å². The summed E-state index contributed by atoms with van der Waals surface area (Å²) in [5, 5.41) is 1.63. The van der Waals surface area contributed by atoms with Crippen LogP contribution in [0.5, 0.6) is 5.75 Å². The van der Waals surface area contributed by atoms with Crippen molar-refractivity contribution in [1.29, 1.82) is 0 Å². The van der Waals surface area contributed by atoms with E-state index in [0.717, 1.165) is 5.56 Å². The second kappa shape index (κ2) is 8.34. The standard InChI is InChI=1S/C25H26N2O9/c1-30-14-35-25-21-18(27(21)23(29)32-3)11-26(36-25)17-9-16(22(28)31-2)10-19(20(17)24(25)13-34-24)33-12-15-7-5-4-6-8-15/h4-10,18,21H,11-14H2,1-3H3/t18-,21-,24+,25-,27?/m0/s1. The average molecular weight is 498 g/mol. The Morgan fingerprint density at radius 1 is 1.11 bits per heavy atom. The number of benzene rings is 2. The maximum atomic E-state index is 12.6. The molecule has 0 aliphatic carbocycles. The van der Waals surface area contributed by atoms with Crippen molar-refractivity contribution in [1.82, 2.24) is 4.90 Å². The summed E-state index contributed by atoms with van der Waals surface area (Å²) in [6, 6.07) is 12.3. The molecule has 36 heavy (non-hydrogen) atoms. The average Bonchev–Trinajstić information content (AvgIpc) is 3.84. The molecule has 2 aromatic rings. The SMILES string of the molecule is COCO[C@]12ON(C[C@H]3[C@@H]1N3C(=O)OC)c1cc(C(=O)OC)cc(OCc3ccccc3)c1[C@]21CO1. The Hall–Kier alpha value is -3.38. The molecular weight excluding hydrogens is 472 g/mol. The highest BCUT2D eigenvalue weighted by atomic mass is 16.9. The predicted octanol–water partition coefficient (Wildman–Crippen LogP) is 2.18. The number of fused-ring (bicyclic) bond motifs is 8. The van der Waals surface area contributed by atoms with Gasteiger partial charge in [0.25, 0.3) is 5.79 Å². The number of hydrogen-bond donors (Lipinski definition) is 0. The molecule has 0 saturated carbocycles. The van der Waals surface area contributed by atoms with Crippen LogP contribution in [0.25, 0.3) is 0 Å². The van der Waals surface area contributed by atoms with Crippen LogP contribution in [0.4, 0.5) is 10.5 Å². The van der Waals surface area contributed by atoms with Crippen molar-refractivity contribution >= 4 is 17.7 Å². The molecule has 0 unspecified atom stereocenters. The van der Waals surface area contributed by atoms with Crippen molar-refractivity contribution in [2.45, 2.75) is 30.1 Å². The summed E-state index contributed by atoms with van der Waals surface area (Å²) >= 11 is 0. The Kier molecular flexibility index (Phi) is 5.34. The lowest BCUT2D eigenvalue weighted by Crippen LogP contribution is -2.64. The van der Waals surface area contributed by atoms with Gasteiger partial charge in [0, 0.05) is 7.11 Å². The van der Waals surface area contributed by atoms with E-state index in [9.17, 15) is 9.59 Å². The first kappa shape index (κ1) is 23.0. The van der Waals surface area contributed by atoms with Gasteiger partial charge >= 0.3 is 12.1 Å². The topological polar surface area (TPSA) is 108 Å². The minimum Gasteiger partial charge on any atom is -0.488 e. The second-order valence-electron chi connectivity index (χ2n) is 9.01. The third kappa shape index (κ3) is 3.20. The normalized spacial score (nSPS) is 28.8. The first-order valence-corrected chi connectivity index (χ1v) is 11.5. The van der Waals surface area contributed by atoms with E-state index in [1.807, 2.05) is 30.3 Å². The number of esters is 1. The Balaban J connectivity index is 1.48. The monoisotopic (exact) mass is 498 g/mol. The highest BCUT2D eigenvalue weighted by Crippen LogP contribution is 2.66. The Labute approximate surface area is 207 Å². The molecule has 0 radical (unpaired) electrons. The van der Waals surface area contributed by atoms with Gasteiger partial charge in [-0.15, -0.1) is 0 Å². The lowest BCUT2D eigenvalue weighted by Gasteiger charge is -2.49. The summed E-state index contributed by atoms with van der Waals surface area (Å²) in [6.45, 7) is 0.771. The predicted molar refractivity (Wildman–Crippen MR) is 122 cm³/mol. The van der Waals surface area contributed by atoms with Gasteiger partial charge in [0.2, 0.25) is 0 Å². The summed E-state index contributed by atoms with van der Waals surface area (Å²) in [7, 11) is 4.16. The van der Waals surface area contributed by atoms with E-state index in [1.54, 1.807) is 22.1 Å². The van der Waals surface area contributed by atoms with E-state index in [2.05, 4.69) is 0 Å². The summed E-state index contributed by atoms with van der Waals surface area (Å²) in [6.07, 6.45) is -0.488. The van der Waals surface area contributed by atoms with Crippen LogP contribution in [0.2, 0.25) is 0 Å². The molecule has 11 heteroatoms. The van der Waals surface area contributed by atoms with Crippen LogP contribution in [0, 0.1) is 0 Å². The van der Waals surface area contributed by atoms with Crippen LogP contribution in [0.3, 0.4) is 0 Å². The Morgan fingerprint density at radius 2 is 1.89 bits per heavy atom. The maximum absolute atomic E-state index is 12.6. The van der Waals surface area contributed by atoms with Crippen LogP contribution < -0.4 is 9.80 Å². The van der Waals surface area contributed by atoms with Crippen LogP contribution in [-0.2, 0) is 40.7 Å². The van der Waals surface area contributed by atoms with Crippen LogP contribution in [-0.4, -0.2) is 76.1 Å². The first-order chi connectivity index (χ1) is 17.5. The van der Waals surface area contributed by atoms with Gasteiger partial charge in [-0.2, -0.15) is 0 Å². The Bertz CT molecular complexity index is 1200. The number of anilines is 1. The van der Waals surface area contributed by atoms with Gasteiger partial charge in [0.15, 0.2) is 5.60 Å². The van der Waals surface area contributed by atoms with E-state index in [4.69, 9.17) is 33.3 Å². The maximum Gasteiger partial charge on any atom is 0.410 e. The highest BCUT2D eigenvalue weighted by Gasteiger charge is 2.83. The van der Waals surface area contributed by atoms with Gasteiger partial charge in [-0.1, -0.05) is 30.3 Å². The number of methoxy groups -OCH3 is 3. The van der Waals surface area contributed by atoms with Crippen LogP contribution >= 0.6 is 0 Å². The lowest BCUT2D eigenvalue weighted by atomic mass is 9.82. The van der Waals surface area contributed by atoms with Crippen molar-refractivity contribution in [3.63, 3.8) is 0 Å². The molecule has 3 saturated heterocycles. The summed E-state index contributed by atoms with van der Waals surface area (Å²) in [5.41, 5.74) is 1.43. The molecule has 0 N–H and O–H groups in total. The van der Waals surface area contributed by atoms with E-state index in [-0.39, 0.29) is 26.0 Å². The number of hydrogen-bond acceptors (Lipinski definition) is 10. The number of epoxide rings is 1. The Morgan fingerprint density at radius 3 is 2.56 bits per heavy atom. The van der Waals surface area contributed by atoms with E-state index < -0.39 is 29.5 Å². The van der Waals surface area contributed by atoms with Crippen LogP contribution in [0.1, 0.15) is 21.5 Å². The van der Waals surface area contributed by atoms with Gasteiger partial charge in [0.1, 0.15) is 25.2 Å². The minimum absolute atomic E-state index is 0.0903. The molecule has 4 aliphatic rings. The van der Waals surface area contributed by atoms with Gasteiger partial charge < -0.3 is 28.4 Å². The number of nitrogens with zero attached hydrogens (tertiary/aromatic N) is 2. The van der Waals surface area contributed by atoms with E-state index in [0.29, 0.717) is 29.1 Å². The second-order valence-corrected chi connectivity index (χ2v) is 9.01. The number of ether oxygens (including phenoxy) is 6. The van der Waals surface area contributed by atoms with Crippen molar-refractivity contribution in [2.75, 3.05) is 46.3 Å². The first-order valence-electron chi connectivity index (χ1n) is 11.5. The van der Waals surface area contributed by atoms with Crippen molar-refractivity contribution in [2.24, 2.45) is 0 Å². The summed E-state index contributed by atoms with van der Waals surface area (Å²) < 4.78 is 33.8. The molecule has 1 spiro atoms. The number of carbonyl (C=O) groups excluding carboxylic acids is 2. The van der Waals surface area contributed by atoms with E-state index in [1.165, 1.54) is 21.3 Å². The molecule has 1 amide bonds. The fraction of sp³-hybridized carbons (Fsp3) is 0.440. The molecule has 4 aliphatic heterocycles. The number of amides is 1. The van der Waals surface area contributed by atoms with Crippen molar-refractivity contribution in [3.05, 3.63) is 59.2 Å². The third-order valence-electron chi connectivity index (χ3n) is 7.10. The molecule has 4 heterocycles. The van der Waals surface area contributed by atoms with Crippen molar-refractivity contribution < 1.29 is 42.8 Å². The van der Waals surface area contributed by atoms with Crippen molar-refractivity contribution in [3.8, 4) is 5.75 Å². The molecular formula is C25H26N2O9. The summed E-state index contributed by atoms with van der Waals surface area (Å²) in [5.74, 6) is -1.47. The van der Waals surface area contributed by atoms with E-state index >= 15 is 0 Å². The third-order valence-corrected chi connectivity index (χ3v) is 7.10. The molecule has 3 fully saturated rings. The zero-order valence-corrected chi connectivity index (χ0v) is 20.1. The smallest absolute Gasteiger partial charge is 0.410 e. The fourth-order valence-corrected chi connectivity index (χ4v) is 5.40. The lowest BCUT2D eigenvalue weighted by molar-refractivity contribution is -0.320. The molecule has 2 bridgehead atoms. The number of hydroxylamine groups is 1. The van der Waals surface area contributed by atoms with Gasteiger partial charge in [0.05, 0.1) is 50.2 Å². The van der Waals surface area contributed by atoms with Crippen LogP contribution in [0.15, 0.2) is 42.5 Å². The molecule has 6 rings (SSSR count). The molecule has 0 aromatic heterocycles. The summed E-state index contributed by atoms with van der Waals surface area (Å²) in [4.78, 5) is 33.1. The fourth-order valence-electron chi connectivity index (χ4n) is 5.40. The van der Waals surface area contributed by atoms with Gasteiger partial charge in [-0.05, 0) is 17.7 Å². The molecule has 190 valence electrons. The molecule has 11 nitrogen and oxygen atoms in total. The number of carbonyl (C=O) groups is 2. The highest BCUT2D eigenvalue weighted by molar-refractivity contribution is 5.92. The minimum atomic E-state index is -1.40. The molecule has 2 aromatic carbocycles. The van der Waals surface area contributed by atoms with Gasteiger partial charge in [-0.25, -0.2) is 19.5 Å².